The van der Waals surface area contributed by atoms with Crippen LogP contribution in [0.4, 0.5) is 0 Å². The fourth-order valence-corrected chi connectivity index (χ4v) is 0.604. The second-order valence-corrected chi connectivity index (χ2v) is 3.39. The number of hydrogen-bond acceptors (Lipinski definition) is 1. The lowest BCUT2D eigenvalue weighted by molar-refractivity contribution is 0.543. The molecule has 0 aliphatic carbocycles. The summed E-state index contributed by atoms with van der Waals surface area (Å²) in [5.41, 5.74) is 0. The van der Waals surface area contributed by atoms with Crippen molar-refractivity contribution in [3.63, 3.8) is 0 Å². The van der Waals surface area contributed by atoms with Crippen LogP contribution in [-0.4, -0.2) is 4.75 Å². The maximum absolute atomic E-state index is 10.3. The fourth-order valence-electron chi connectivity index (χ4n) is 0.368. The molecule has 0 saturated carbocycles. The molecular weight excluding hydrogens is 120 g/mol. The third-order valence-electron chi connectivity index (χ3n) is 1.70. The van der Waals surface area contributed by atoms with Crippen LogP contribution in [-0.2, 0) is 15.9 Å². The maximum atomic E-state index is 10.3. The van der Waals surface area contributed by atoms with Crippen molar-refractivity contribution < 1.29 is 4.21 Å². The Morgan fingerprint density at radius 2 is 1.75 bits per heavy atom. The molecule has 0 aliphatic heterocycles. The van der Waals surface area contributed by atoms with Gasteiger partial charge in [0.15, 0.2) is 0 Å². The smallest absolute Gasteiger partial charge is 0.0595 e. The van der Waals surface area contributed by atoms with E-state index in [-0.39, 0.29) is 4.75 Å². The number of hydrogen-bond donors (Lipinski definition) is 0. The normalized spacial score (nSPS) is 11.4. The summed E-state index contributed by atoms with van der Waals surface area (Å²) in [7, 11) is 0. The second-order valence-electron chi connectivity index (χ2n) is 2.24. The summed E-state index contributed by atoms with van der Waals surface area (Å²) in [6, 6.07) is 0. The molecule has 0 radical (unpaired) electrons. The van der Waals surface area contributed by atoms with Crippen molar-refractivity contribution in [2.24, 2.45) is 0 Å². The van der Waals surface area contributed by atoms with Gasteiger partial charge in [0, 0.05) is 24.0 Å². The SMILES string of the molecule is CCC(C)(CC)[S+]=O. The molecule has 0 aromatic carbocycles. The van der Waals surface area contributed by atoms with Crippen molar-refractivity contribution in [1.82, 2.24) is 0 Å². The summed E-state index contributed by atoms with van der Waals surface area (Å²) in [5.74, 6) is 0. The van der Waals surface area contributed by atoms with E-state index in [9.17, 15) is 4.21 Å². The van der Waals surface area contributed by atoms with Crippen LogP contribution in [0.1, 0.15) is 33.6 Å². The first kappa shape index (κ1) is 8.02. The van der Waals surface area contributed by atoms with E-state index in [1.807, 2.05) is 6.92 Å². The van der Waals surface area contributed by atoms with Crippen LogP contribution in [0.3, 0.4) is 0 Å². The third kappa shape index (κ3) is 1.86. The maximum Gasteiger partial charge on any atom is 0.465 e. The van der Waals surface area contributed by atoms with Gasteiger partial charge in [0.1, 0.15) is 0 Å². The molecule has 0 aromatic heterocycles. The van der Waals surface area contributed by atoms with Crippen LogP contribution in [0.25, 0.3) is 0 Å². The molecule has 2 heteroatoms. The van der Waals surface area contributed by atoms with Crippen molar-refractivity contribution >= 4 is 11.7 Å². The molecule has 0 bridgehead atoms. The molecule has 48 valence electrons. The zero-order valence-corrected chi connectivity index (χ0v) is 6.55. The van der Waals surface area contributed by atoms with Crippen LogP contribution in [0, 0.1) is 0 Å². The van der Waals surface area contributed by atoms with Crippen molar-refractivity contribution in [1.29, 1.82) is 0 Å². The van der Waals surface area contributed by atoms with Gasteiger partial charge in [-0.05, 0) is 0 Å². The van der Waals surface area contributed by atoms with Crippen molar-refractivity contribution in [3.8, 4) is 0 Å². The Bertz CT molecular complexity index is 76.6. The fraction of sp³-hybridized carbons (Fsp3) is 1.00. The summed E-state index contributed by atoms with van der Waals surface area (Å²) in [6.45, 7) is 6.10. The summed E-state index contributed by atoms with van der Waals surface area (Å²) in [5, 5.41) is 0. The topological polar surface area (TPSA) is 17.1 Å². The minimum Gasteiger partial charge on any atom is -0.0595 e. The van der Waals surface area contributed by atoms with Crippen molar-refractivity contribution in [2.75, 3.05) is 0 Å². The van der Waals surface area contributed by atoms with E-state index in [0.29, 0.717) is 0 Å². The Hall–Kier alpha value is 0.0200. The monoisotopic (exact) mass is 133 g/mol. The molecule has 0 unspecified atom stereocenters. The molecule has 8 heavy (non-hydrogen) atoms. The van der Waals surface area contributed by atoms with Gasteiger partial charge in [0.2, 0.25) is 4.75 Å². The Labute approximate surface area is 55.0 Å². The Morgan fingerprint density at radius 1 is 1.38 bits per heavy atom. The molecule has 0 saturated heterocycles. The Morgan fingerprint density at radius 3 is 1.75 bits per heavy atom. The van der Waals surface area contributed by atoms with Gasteiger partial charge >= 0.3 is 11.7 Å². The van der Waals surface area contributed by atoms with Gasteiger partial charge in [-0.3, -0.25) is 0 Å². The molecule has 1 nitrogen and oxygen atoms in total. The average molecular weight is 133 g/mol. The van der Waals surface area contributed by atoms with Crippen LogP contribution >= 0.6 is 0 Å². The summed E-state index contributed by atoms with van der Waals surface area (Å²) >= 11 is 0.722. The van der Waals surface area contributed by atoms with Crippen LogP contribution in [0.15, 0.2) is 0 Å². The highest BCUT2D eigenvalue weighted by molar-refractivity contribution is 7.67. The van der Waals surface area contributed by atoms with Crippen LogP contribution < -0.4 is 0 Å². The van der Waals surface area contributed by atoms with Gasteiger partial charge in [0.25, 0.3) is 0 Å². The highest BCUT2D eigenvalue weighted by Crippen LogP contribution is 2.15. The molecule has 0 fully saturated rings. The molecule has 0 amide bonds. The van der Waals surface area contributed by atoms with Crippen molar-refractivity contribution in [2.45, 2.75) is 38.4 Å². The standard InChI is InChI=1S/C6H13OS/c1-4-6(3,5-2)8-7/h4-5H2,1-3H3/q+1. The van der Waals surface area contributed by atoms with Gasteiger partial charge < -0.3 is 0 Å². The zero-order valence-electron chi connectivity index (χ0n) is 5.73. The van der Waals surface area contributed by atoms with E-state index < -0.39 is 0 Å². The first-order valence-electron chi connectivity index (χ1n) is 2.99. The zero-order chi connectivity index (χ0) is 6.62. The summed E-state index contributed by atoms with van der Waals surface area (Å²) < 4.78 is 10.3. The molecular formula is C6H13OS+. The lowest BCUT2D eigenvalue weighted by Gasteiger charge is -2.02. The van der Waals surface area contributed by atoms with Crippen LogP contribution in [0.5, 0.6) is 0 Å². The predicted octanol–water partition coefficient (Wildman–Crippen LogP) is 1.99. The Balaban J connectivity index is 3.76. The molecule has 0 spiro atoms. The lowest BCUT2D eigenvalue weighted by atomic mass is 10.1. The average Bonchev–Trinajstić information content (AvgIpc) is 1.87. The van der Waals surface area contributed by atoms with Crippen molar-refractivity contribution in [3.05, 3.63) is 0 Å². The third-order valence-corrected chi connectivity index (χ3v) is 2.68. The van der Waals surface area contributed by atoms with E-state index >= 15 is 0 Å². The molecule has 0 aromatic rings. The summed E-state index contributed by atoms with van der Waals surface area (Å²) in [4.78, 5) is 0. The molecule has 0 aliphatic rings. The first-order chi connectivity index (χ1) is 3.68. The van der Waals surface area contributed by atoms with E-state index in [1.54, 1.807) is 0 Å². The van der Waals surface area contributed by atoms with Gasteiger partial charge in [-0.2, -0.15) is 0 Å². The predicted molar refractivity (Wildman–Crippen MR) is 37.0 cm³/mol. The van der Waals surface area contributed by atoms with E-state index in [2.05, 4.69) is 13.8 Å². The molecule has 0 atom stereocenters. The minimum atomic E-state index is -0.0139. The molecule has 0 rings (SSSR count). The second kappa shape index (κ2) is 3.13. The first-order valence-corrected chi connectivity index (χ1v) is 3.73. The van der Waals surface area contributed by atoms with Gasteiger partial charge in [-0.25, -0.2) is 0 Å². The number of rotatable bonds is 3. The molecule has 0 heterocycles. The highest BCUT2D eigenvalue weighted by atomic mass is 32.1. The van der Waals surface area contributed by atoms with E-state index in [1.165, 1.54) is 0 Å². The quantitative estimate of drug-likeness (QED) is 0.538. The largest absolute Gasteiger partial charge is 0.465 e. The summed E-state index contributed by atoms with van der Waals surface area (Å²) in [6.07, 6.45) is 1.94. The Kier molecular flexibility index (Phi) is 3.13. The minimum absolute atomic E-state index is 0.0139. The van der Waals surface area contributed by atoms with Gasteiger partial charge in [-0.1, -0.05) is 13.8 Å². The van der Waals surface area contributed by atoms with Gasteiger partial charge in [0.05, 0.1) is 0 Å². The highest BCUT2D eigenvalue weighted by Gasteiger charge is 2.33. The van der Waals surface area contributed by atoms with Gasteiger partial charge in [-0.15, -0.1) is 0 Å². The molecule has 0 N–H and O–H groups in total. The van der Waals surface area contributed by atoms with E-state index in [4.69, 9.17) is 0 Å². The van der Waals surface area contributed by atoms with Crippen LogP contribution in [0.2, 0.25) is 0 Å². The lowest BCUT2D eigenvalue weighted by Crippen LogP contribution is -2.19. The van der Waals surface area contributed by atoms with E-state index in [0.717, 1.165) is 24.5 Å².